The molecule has 2 aliphatic heterocycles. The monoisotopic (exact) mass is 590 g/mol. The predicted octanol–water partition coefficient (Wildman–Crippen LogP) is 6.53. The van der Waals surface area contributed by atoms with Crippen molar-refractivity contribution in [3.05, 3.63) is 64.5 Å². The number of rotatable bonds is 9. The highest BCUT2D eigenvalue weighted by Gasteiger charge is 2.39. The normalized spacial score (nSPS) is 18.5. The van der Waals surface area contributed by atoms with Gasteiger partial charge in [0, 0.05) is 31.0 Å². The Morgan fingerprint density at radius 2 is 1.81 bits per heavy atom. The zero-order valence-corrected chi connectivity index (χ0v) is 26.0. The maximum absolute atomic E-state index is 13.8. The Labute approximate surface area is 253 Å². The summed E-state index contributed by atoms with van der Waals surface area (Å²) in [5.74, 6) is 2.05. The lowest BCUT2D eigenvalue weighted by Crippen LogP contribution is -2.39. The molecule has 230 valence electrons. The standard InChI is InChI=1S/C34H42N2O7/c1-7-41-29(38)18-22-13-15-36(16-14-22)28(37)19-27-31-30(32(20(2)3)43-35-31)23-12-11-21(4)17-25(23)33(42-27)24-9-8-10-26(39-5)34(24)40-6/h8-12,17,20,22,27,33H,7,13-16,18-19H2,1-6H3. The molecule has 1 fully saturated rings. The van der Waals surface area contributed by atoms with Crippen LogP contribution in [0.4, 0.5) is 0 Å². The first-order valence-electron chi connectivity index (χ1n) is 15.2. The van der Waals surface area contributed by atoms with Crippen LogP contribution in [0, 0.1) is 12.8 Å². The van der Waals surface area contributed by atoms with Gasteiger partial charge in [-0.3, -0.25) is 9.59 Å². The third kappa shape index (κ3) is 6.27. The lowest BCUT2D eigenvalue weighted by Gasteiger charge is -2.33. The van der Waals surface area contributed by atoms with Gasteiger partial charge in [0.15, 0.2) is 11.5 Å². The van der Waals surface area contributed by atoms with Crippen molar-refractivity contribution in [2.24, 2.45) is 5.92 Å². The minimum absolute atomic E-state index is 0.0156. The second-order valence-electron chi connectivity index (χ2n) is 11.7. The Balaban J connectivity index is 1.51. The van der Waals surface area contributed by atoms with Gasteiger partial charge in [-0.1, -0.05) is 54.9 Å². The number of amides is 1. The molecule has 1 saturated heterocycles. The Hall–Kier alpha value is -3.85. The summed E-state index contributed by atoms with van der Waals surface area (Å²) in [6, 6.07) is 12.0. The van der Waals surface area contributed by atoms with E-state index in [0.29, 0.717) is 43.3 Å². The molecule has 9 heteroatoms. The van der Waals surface area contributed by atoms with E-state index in [1.54, 1.807) is 14.2 Å². The third-order valence-corrected chi connectivity index (χ3v) is 8.44. The predicted molar refractivity (Wildman–Crippen MR) is 161 cm³/mol. The smallest absolute Gasteiger partial charge is 0.306 e. The van der Waals surface area contributed by atoms with Gasteiger partial charge in [-0.15, -0.1) is 0 Å². The van der Waals surface area contributed by atoms with Gasteiger partial charge in [-0.25, -0.2) is 0 Å². The Morgan fingerprint density at radius 1 is 1.05 bits per heavy atom. The van der Waals surface area contributed by atoms with Crippen molar-refractivity contribution in [1.82, 2.24) is 10.1 Å². The zero-order valence-electron chi connectivity index (χ0n) is 26.0. The van der Waals surface area contributed by atoms with Gasteiger partial charge in [0.2, 0.25) is 5.91 Å². The van der Waals surface area contributed by atoms with Crippen LogP contribution in [0.1, 0.15) is 92.7 Å². The molecule has 43 heavy (non-hydrogen) atoms. The van der Waals surface area contributed by atoms with Gasteiger partial charge in [-0.05, 0) is 49.8 Å². The van der Waals surface area contributed by atoms with Gasteiger partial charge in [0.1, 0.15) is 23.7 Å². The summed E-state index contributed by atoms with van der Waals surface area (Å²) >= 11 is 0. The number of methoxy groups -OCH3 is 2. The summed E-state index contributed by atoms with van der Waals surface area (Å²) in [6.45, 7) is 9.57. The first kappa shape index (κ1) is 30.6. The van der Waals surface area contributed by atoms with Gasteiger partial charge in [-0.2, -0.15) is 0 Å². The third-order valence-electron chi connectivity index (χ3n) is 8.44. The summed E-state index contributed by atoms with van der Waals surface area (Å²) < 4.78 is 29.5. The van der Waals surface area contributed by atoms with Gasteiger partial charge in [0.25, 0.3) is 0 Å². The number of carbonyl (C=O) groups excluding carboxylic acids is 2. The minimum atomic E-state index is -0.662. The number of esters is 1. The Kier molecular flexibility index (Phi) is 9.40. The average Bonchev–Trinajstić information content (AvgIpc) is 3.39. The maximum atomic E-state index is 13.8. The van der Waals surface area contributed by atoms with Crippen LogP contribution in [0.5, 0.6) is 11.5 Å². The molecule has 0 saturated carbocycles. The molecule has 0 radical (unpaired) electrons. The van der Waals surface area contributed by atoms with Gasteiger partial charge < -0.3 is 28.4 Å². The van der Waals surface area contributed by atoms with Crippen LogP contribution in [0.3, 0.4) is 0 Å². The van der Waals surface area contributed by atoms with E-state index in [9.17, 15) is 9.59 Å². The molecule has 1 amide bonds. The second kappa shape index (κ2) is 13.2. The zero-order chi connectivity index (χ0) is 30.7. The number of aromatic nitrogens is 1. The number of benzene rings is 2. The van der Waals surface area contributed by atoms with Crippen molar-refractivity contribution in [1.29, 1.82) is 0 Å². The number of para-hydroxylation sites is 1. The molecule has 3 aromatic rings. The molecule has 2 aromatic carbocycles. The van der Waals surface area contributed by atoms with Crippen LogP contribution in [-0.4, -0.2) is 55.8 Å². The van der Waals surface area contributed by atoms with Gasteiger partial charge in [0.05, 0.1) is 32.8 Å². The largest absolute Gasteiger partial charge is 0.493 e. The minimum Gasteiger partial charge on any atom is -0.493 e. The maximum Gasteiger partial charge on any atom is 0.306 e. The quantitative estimate of drug-likeness (QED) is 0.259. The number of ether oxygens (including phenoxy) is 4. The van der Waals surface area contributed by atoms with Crippen LogP contribution in [0.2, 0.25) is 0 Å². The fraction of sp³-hybridized carbons (Fsp3) is 0.500. The number of piperidine rings is 1. The number of carbonyl (C=O) groups is 2. The highest BCUT2D eigenvalue weighted by Crippen LogP contribution is 2.50. The number of fused-ring (bicyclic) bond motifs is 3. The van der Waals surface area contributed by atoms with Crippen LogP contribution in [-0.2, 0) is 19.1 Å². The lowest BCUT2D eigenvalue weighted by atomic mass is 9.89. The van der Waals surface area contributed by atoms with Crippen LogP contribution in [0.25, 0.3) is 11.1 Å². The number of hydrogen-bond acceptors (Lipinski definition) is 8. The molecular formula is C34H42N2O7. The summed E-state index contributed by atoms with van der Waals surface area (Å²) in [4.78, 5) is 27.7. The molecule has 3 heterocycles. The summed E-state index contributed by atoms with van der Waals surface area (Å²) in [5.41, 5.74) is 5.32. The van der Waals surface area contributed by atoms with Crippen LogP contribution >= 0.6 is 0 Å². The molecule has 2 unspecified atom stereocenters. The van der Waals surface area contributed by atoms with E-state index in [4.69, 9.17) is 23.5 Å². The highest BCUT2D eigenvalue weighted by molar-refractivity contribution is 5.79. The molecule has 2 atom stereocenters. The molecule has 0 spiro atoms. The first-order valence-corrected chi connectivity index (χ1v) is 15.2. The average molecular weight is 591 g/mol. The second-order valence-corrected chi connectivity index (χ2v) is 11.7. The van der Waals surface area contributed by atoms with E-state index in [-0.39, 0.29) is 30.1 Å². The molecule has 1 aromatic heterocycles. The summed E-state index contributed by atoms with van der Waals surface area (Å²) in [5, 5.41) is 4.53. The van der Waals surface area contributed by atoms with Crippen LogP contribution < -0.4 is 9.47 Å². The molecule has 5 rings (SSSR count). The number of nitrogens with zero attached hydrogens (tertiary/aromatic N) is 2. The molecule has 0 N–H and O–H groups in total. The lowest BCUT2D eigenvalue weighted by molar-refractivity contribution is -0.144. The number of hydrogen-bond donors (Lipinski definition) is 0. The molecule has 0 aliphatic carbocycles. The van der Waals surface area contributed by atoms with E-state index in [1.165, 1.54) is 0 Å². The van der Waals surface area contributed by atoms with Crippen molar-refractivity contribution in [2.75, 3.05) is 33.9 Å². The van der Waals surface area contributed by atoms with E-state index in [0.717, 1.165) is 46.4 Å². The molecular weight excluding hydrogens is 548 g/mol. The number of aryl methyl sites for hydroxylation is 1. The van der Waals surface area contributed by atoms with Crippen molar-refractivity contribution >= 4 is 11.9 Å². The van der Waals surface area contributed by atoms with E-state index in [1.807, 2.05) is 30.0 Å². The van der Waals surface area contributed by atoms with Gasteiger partial charge >= 0.3 is 5.97 Å². The number of likely N-dealkylation sites (tertiary alicyclic amines) is 1. The van der Waals surface area contributed by atoms with Crippen molar-refractivity contribution < 1.29 is 33.1 Å². The van der Waals surface area contributed by atoms with Crippen LogP contribution in [0.15, 0.2) is 40.9 Å². The highest BCUT2D eigenvalue weighted by atomic mass is 16.5. The van der Waals surface area contributed by atoms with E-state index in [2.05, 4.69) is 44.1 Å². The molecule has 2 aliphatic rings. The van der Waals surface area contributed by atoms with E-state index < -0.39 is 12.2 Å². The fourth-order valence-corrected chi connectivity index (χ4v) is 6.26. The van der Waals surface area contributed by atoms with Crippen molar-refractivity contribution in [3.63, 3.8) is 0 Å². The Morgan fingerprint density at radius 3 is 2.49 bits per heavy atom. The van der Waals surface area contributed by atoms with Crippen molar-refractivity contribution in [3.8, 4) is 22.6 Å². The summed E-state index contributed by atoms with van der Waals surface area (Å²) in [6.07, 6.45) is 0.805. The van der Waals surface area contributed by atoms with E-state index >= 15 is 0 Å². The topological polar surface area (TPSA) is 100 Å². The Bertz CT molecular complexity index is 1450. The fourth-order valence-electron chi connectivity index (χ4n) is 6.26. The summed E-state index contributed by atoms with van der Waals surface area (Å²) in [7, 11) is 3.23. The SMILES string of the molecule is CCOC(=O)CC1CCN(C(=O)CC2OC(c3cccc(OC)c3OC)c3cc(C)ccc3-c3c2noc3C(C)C)CC1. The van der Waals surface area contributed by atoms with Crippen molar-refractivity contribution in [2.45, 2.75) is 71.5 Å². The molecule has 0 bridgehead atoms. The molecule has 9 nitrogen and oxygen atoms in total. The first-order chi connectivity index (χ1) is 20.7.